The largest absolute Gasteiger partial charge is 0.494 e. The molecule has 35 heavy (non-hydrogen) atoms. The lowest BCUT2D eigenvalue weighted by Crippen LogP contribution is -2.25. The van der Waals surface area contributed by atoms with Gasteiger partial charge in [-0.05, 0) is 61.7 Å². The number of aromatic nitrogens is 2. The molecule has 0 radical (unpaired) electrons. The van der Waals surface area contributed by atoms with Crippen LogP contribution in [0.3, 0.4) is 0 Å². The lowest BCUT2D eigenvalue weighted by Gasteiger charge is -2.17. The van der Waals surface area contributed by atoms with Crippen molar-refractivity contribution in [3.63, 3.8) is 0 Å². The van der Waals surface area contributed by atoms with E-state index in [2.05, 4.69) is 23.8 Å². The predicted octanol–water partition coefficient (Wildman–Crippen LogP) is 6.74. The highest BCUT2D eigenvalue weighted by Gasteiger charge is 2.17. The van der Waals surface area contributed by atoms with Crippen LogP contribution in [-0.2, 0) is 9.53 Å². The Morgan fingerprint density at radius 2 is 1.40 bits per heavy atom. The Labute approximate surface area is 208 Å². The molecular formula is C29H36N2O4. The number of rotatable bonds is 13. The maximum atomic E-state index is 12.0. The SMILES string of the molecule is CCCCOc1ccc(-c2ncc(-c3ccc(OCC(C)OC(=O)C(C)CCC)cc3)cn2)cc1. The molecule has 3 rings (SSSR count). The van der Waals surface area contributed by atoms with E-state index in [0.717, 1.165) is 60.5 Å². The molecule has 1 heterocycles. The zero-order chi connectivity index (χ0) is 25.0. The first-order valence-corrected chi connectivity index (χ1v) is 12.5. The molecule has 0 aliphatic rings. The summed E-state index contributed by atoms with van der Waals surface area (Å²) in [5.74, 6) is 2.00. The second-order valence-corrected chi connectivity index (χ2v) is 8.79. The molecule has 1 aromatic heterocycles. The first kappa shape index (κ1) is 26.2. The molecule has 2 unspecified atom stereocenters. The highest BCUT2D eigenvalue weighted by atomic mass is 16.6. The van der Waals surface area contributed by atoms with E-state index in [4.69, 9.17) is 14.2 Å². The zero-order valence-electron chi connectivity index (χ0n) is 21.2. The third-order valence-electron chi connectivity index (χ3n) is 5.64. The monoisotopic (exact) mass is 476 g/mol. The van der Waals surface area contributed by atoms with Crippen molar-refractivity contribution in [2.75, 3.05) is 13.2 Å². The fourth-order valence-corrected chi connectivity index (χ4v) is 3.52. The summed E-state index contributed by atoms with van der Waals surface area (Å²) in [6.07, 6.45) is 7.29. The van der Waals surface area contributed by atoms with Gasteiger partial charge in [0.05, 0.1) is 12.5 Å². The molecule has 186 valence electrons. The van der Waals surface area contributed by atoms with Gasteiger partial charge in [0, 0.05) is 23.5 Å². The summed E-state index contributed by atoms with van der Waals surface area (Å²) in [5, 5.41) is 0. The molecule has 0 amide bonds. The van der Waals surface area contributed by atoms with E-state index in [0.29, 0.717) is 12.4 Å². The van der Waals surface area contributed by atoms with Crippen molar-refractivity contribution in [1.29, 1.82) is 0 Å². The van der Waals surface area contributed by atoms with Crippen LogP contribution in [0.4, 0.5) is 0 Å². The Balaban J connectivity index is 1.52. The van der Waals surface area contributed by atoms with Crippen LogP contribution in [0.5, 0.6) is 11.5 Å². The molecular weight excluding hydrogens is 440 g/mol. The Kier molecular flexibility index (Phi) is 10.1. The number of nitrogens with zero attached hydrogens (tertiary/aromatic N) is 2. The molecule has 0 fully saturated rings. The van der Waals surface area contributed by atoms with E-state index in [1.165, 1.54) is 0 Å². The molecule has 6 nitrogen and oxygen atoms in total. The quantitative estimate of drug-likeness (QED) is 0.201. The second kappa shape index (κ2) is 13.5. The number of carbonyl (C=O) groups is 1. The zero-order valence-corrected chi connectivity index (χ0v) is 21.2. The summed E-state index contributed by atoms with van der Waals surface area (Å²) in [4.78, 5) is 21.1. The Morgan fingerprint density at radius 3 is 2.00 bits per heavy atom. The number of carbonyl (C=O) groups excluding carboxylic acids is 1. The summed E-state index contributed by atoms with van der Waals surface area (Å²) in [7, 11) is 0. The van der Waals surface area contributed by atoms with Crippen LogP contribution in [0.1, 0.15) is 53.4 Å². The number of unbranched alkanes of at least 4 members (excludes halogenated alkanes) is 1. The lowest BCUT2D eigenvalue weighted by molar-refractivity contribution is -0.154. The summed E-state index contributed by atoms with van der Waals surface area (Å²) in [5.41, 5.74) is 2.87. The Bertz CT molecular complexity index is 1030. The first-order chi connectivity index (χ1) is 17.0. The van der Waals surface area contributed by atoms with E-state index < -0.39 is 0 Å². The van der Waals surface area contributed by atoms with Crippen LogP contribution < -0.4 is 9.47 Å². The van der Waals surface area contributed by atoms with Crippen molar-refractivity contribution in [1.82, 2.24) is 9.97 Å². The molecule has 0 bridgehead atoms. The molecule has 0 aliphatic heterocycles. The van der Waals surface area contributed by atoms with Gasteiger partial charge in [-0.1, -0.05) is 45.7 Å². The molecule has 6 heteroatoms. The predicted molar refractivity (Wildman–Crippen MR) is 138 cm³/mol. The van der Waals surface area contributed by atoms with Crippen LogP contribution in [0, 0.1) is 5.92 Å². The molecule has 2 aromatic carbocycles. The van der Waals surface area contributed by atoms with Gasteiger partial charge < -0.3 is 14.2 Å². The molecule has 0 aliphatic carbocycles. The van der Waals surface area contributed by atoms with Crippen LogP contribution in [0.25, 0.3) is 22.5 Å². The van der Waals surface area contributed by atoms with E-state index in [1.807, 2.05) is 74.8 Å². The van der Waals surface area contributed by atoms with Crippen molar-refractivity contribution in [3.05, 3.63) is 60.9 Å². The van der Waals surface area contributed by atoms with Gasteiger partial charge >= 0.3 is 5.97 Å². The minimum atomic E-state index is -0.306. The van der Waals surface area contributed by atoms with Gasteiger partial charge in [0.25, 0.3) is 0 Å². The van der Waals surface area contributed by atoms with Crippen molar-refractivity contribution in [3.8, 4) is 34.0 Å². The highest BCUT2D eigenvalue weighted by Crippen LogP contribution is 2.24. The summed E-state index contributed by atoms with van der Waals surface area (Å²) >= 11 is 0. The van der Waals surface area contributed by atoms with Crippen molar-refractivity contribution in [2.45, 2.75) is 59.5 Å². The first-order valence-electron chi connectivity index (χ1n) is 12.5. The number of hydrogen-bond donors (Lipinski definition) is 0. The molecule has 0 N–H and O–H groups in total. The normalized spacial score (nSPS) is 12.6. The van der Waals surface area contributed by atoms with Gasteiger partial charge in [0.2, 0.25) is 0 Å². The third kappa shape index (κ3) is 8.09. The fourth-order valence-electron chi connectivity index (χ4n) is 3.52. The van der Waals surface area contributed by atoms with Gasteiger partial charge in [-0.3, -0.25) is 4.79 Å². The smallest absolute Gasteiger partial charge is 0.309 e. The Morgan fingerprint density at radius 1 is 0.800 bits per heavy atom. The fraction of sp³-hybridized carbons (Fsp3) is 0.414. The maximum Gasteiger partial charge on any atom is 0.309 e. The van der Waals surface area contributed by atoms with Crippen molar-refractivity contribution >= 4 is 5.97 Å². The lowest BCUT2D eigenvalue weighted by atomic mass is 10.1. The molecule has 0 saturated heterocycles. The van der Waals surface area contributed by atoms with Gasteiger partial charge in [0.1, 0.15) is 24.2 Å². The van der Waals surface area contributed by atoms with Gasteiger partial charge in [-0.2, -0.15) is 0 Å². The van der Waals surface area contributed by atoms with E-state index in [1.54, 1.807) is 0 Å². The third-order valence-corrected chi connectivity index (χ3v) is 5.64. The van der Waals surface area contributed by atoms with Crippen molar-refractivity contribution in [2.24, 2.45) is 5.92 Å². The average molecular weight is 477 g/mol. The van der Waals surface area contributed by atoms with Crippen molar-refractivity contribution < 1.29 is 19.0 Å². The summed E-state index contributed by atoms with van der Waals surface area (Å²) < 4.78 is 17.0. The number of esters is 1. The topological polar surface area (TPSA) is 70.5 Å². The average Bonchev–Trinajstić information content (AvgIpc) is 2.88. The summed E-state index contributed by atoms with van der Waals surface area (Å²) in [6, 6.07) is 15.6. The minimum absolute atomic E-state index is 0.0840. The van der Waals surface area contributed by atoms with E-state index in [-0.39, 0.29) is 18.0 Å². The molecule has 0 saturated carbocycles. The van der Waals surface area contributed by atoms with Crippen LogP contribution >= 0.6 is 0 Å². The van der Waals surface area contributed by atoms with E-state index >= 15 is 0 Å². The number of hydrogen-bond acceptors (Lipinski definition) is 6. The van der Waals surface area contributed by atoms with Crippen LogP contribution in [-0.4, -0.2) is 35.3 Å². The van der Waals surface area contributed by atoms with Gasteiger partial charge in [-0.25, -0.2) is 9.97 Å². The second-order valence-electron chi connectivity index (χ2n) is 8.79. The Hall–Kier alpha value is -3.41. The molecule has 2 atom stereocenters. The number of ether oxygens (including phenoxy) is 3. The van der Waals surface area contributed by atoms with Gasteiger partial charge in [-0.15, -0.1) is 0 Å². The van der Waals surface area contributed by atoms with Crippen LogP contribution in [0.15, 0.2) is 60.9 Å². The van der Waals surface area contributed by atoms with E-state index in [9.17, 15) is 4.79 Å². The summed E-state index contributed by atoms with van der Waals surface area (Å²) in [6.45, 7) is 8.99. The standard InChI is InChI=1S/C29H36N2O4/c1-5-7-17-33-26-15-11-24(12-16-26)28-30-18-25(19-31-28)23-9-13-27(14-10-23)34-20-22(4)35-29(32)21(3)8-6-2/h9-16,18-19,21-22H,5-8,17,20H2,1-4H3. The van der Waals surface area contributed by atoms with Gasteiger partial charge in [0.15, 0.2) is 5.82 Å². The van der Waals surface area contributed by atoms with Crippen LogP contribution in [0.2, 0.25) is 0 Å². The molecule has 3 aromatic rings. The minimum Gasteiger partial charge on any atom is -0.494 e. The highest BCUT2D eigenvalue weighted by molar-refractivity contribution is 5.72. The number of benzene rings is 2. The maximum absolute atomic E-state index is 12.0. The molecule has 0 spiro atoms.